The van der Waals surface area contributed by atoms with E-state index >= 15 is 0 Å². The van der Waals surface area contributed by atoms with Gasteiger partial charge in [-0.3, -0.25) is 4.79 Å². The highest BCUT2D eigenvalue weighted by atomic mass is 35.5. The van der Waals surface area contributed by atoms with E-state index in [0.717, 1.165) is 30.4 Å². The molecule has 0 saturated carbocycles. The third kappa shape index (κ3) is 4.42. The second-order valence-corrected chi connectivity index (χ2v) is 6.51. The normalized spacial score (nSPS) is 13.8. The number of nitrogens with one attached hydrogen (secondary N) is 1. The lowest BCUT2D eigenvalue weighted by molar-refractivity contribution is -0.118. The quantitative estimate of drug-likeness (QED) is 0.856. The summed E-state index contributed by atoms with van der Waals surface area (Å²) in [6.45, 7) is 3.93. The van der Waals surface area contributed by atoms with Gasteiger partial charge in [0.1, 0.15) is 11.6 Å². The summed E-state index contributed by atoms with van der Waals surface area (Å²) in [5, 5.41) is 2.97. The van der Waals surface area contributed by atoms with Crippen LogP contribution in [0.3, 0.4) is 0 Å². The third-order valence-corrected chi connectivity index (χ3v) is 4.50. The molecule has 0 atom stereocenters. The van der Waals surface area contributed by atoms with Crippen LogP contribution in [0.25, 0.3) is 0 Å². The van der Waals surface area contributed by atoms with Crippen LogP contribution in [0.4, 0.5) is 15.8 Å². The monoisotopic (exact) mass is 362 g/mol. The van der Waals surface area contributed by atoms with Gasteiger partial charge in [0.05, 0.1) is 5.02 Å². The van der Waals surface area contributed by atoms with Crippen molar-refractivity contribution >= 4 is 28.9 Å². The van der Waals surface area contributed by atoms with E-state index in [-0.39, 0.29) is 23.3 Å². The van der Waals surface area contributed by atoms with Gasteiger partial charge in [-0.05, 0) is 61.7 Å². The van der Waals surface area contributed by atoms with Crippen molar-refractivity contribution in [3.8, 4) is 5.75 Å². The summed E-state index contributed by atoms with van der Waals surface area (Å²) in [5.74, 6) is -0.466. The van der Waals surface area contributed by atoms with Gasteiger partial charge in [0.2, 0.25) is 0 Å². The zero-order valence-corrected chi connectivity index (χ0v) is 14.8. The maximum absolute atomic E-state index is 13.0. The van der Waals surface area contributed by atoms with E-state index in [2.05, 4.69) is 16.3 Å². The van der Waals surface area contributed by atoms with Crippen LogP contribution in [-0.4, -0.2) is 25.6 Å². The summed E-state index contributed by atoms with van der Waals surface area (Å²) in [6, 6.07) is 9.80. The standard InChI is InChI=1S/C19H20ClFN2O2/c1-13-10-15(23-8-2-3-9-23)5-6-17(13)22-19(24)12-25-18-7-4-14(21)11-16(18)20/h4-7,10-11H,2-3,8-9,12H2,1H3,(H,22,24). The second kappa shape index (κ2) is 7.74. The molecule has 25 heavy (non-hydrogen) atoms. The number of carbonyl (C=O) groups excluding carboxylic acids is 1. The molecule has 132 valence electrons. The molecule has 0 unspecified atom stereocenters. The molecule has 0 aromatic heterocycles. The molecular formula is C19H20ClFN2O2. The molecule has 1 amide bonds. The predicted molar refractivity (Wildman–Crippen MR) is 98.2 cm³/mol. The number of carbonyl (C=O) groups is 1. The predicted octanol–water partition coefficient (Wildman–Crippen LogP) is 4.41. The molecule has 2 aromatic rings. The number of benzene rings is 2. The summed E-state index contributed by atoms with van der Waals surface area (Å²) in [4.78, 5) is 14.4. The highest BCUT2D eigenvalue weighted by Crippen LogP contribution is 2.26. The van der Waals surface area contributed by atoms with Crippen molar-refractivity contribution in [2.45, 2.75) is 19.8 Å². The zero-order chi connectivity index (χ0) is 17.8. The average Bonchev–Trinajstić information content (AvgIpc) is 3.10. The fourth-order valence-corrected chi connectivity index (χ4v) is 3.10. The maximum atomic E-state index is 13.0. The van der Waals surface area contributed by atoms with Gasteiger partial charge in [0.25, 0.3) is 5.91 Å². The molecule has 0 radical (unpaired) electrons. The number of hydrogen-bond donors (Lipinski definition) is 1. The van der Waals surface area contributed by atoms with Crippen LogP contribution >= 0.6 is 11.6 Å². The Kier molecular flexibility index (Phi) is 5.43. The van der Waals surface area contributed by atoms with Gasteiger partial charge < -0.3 is 15.0 Å². The highest BCUT2D eigenvalue weighted by molar-refractivity contribution is 6.32. The molecule has 1 heterocycles. The Morgan fingerprint density at radius 1 is 1.24 bits per heavy atom. The summed E-state index contributed by atoms with van der Waals surface area (Å²) in [6.07, 6.45) is 2.45. The molecule has 0 spiro atoms. The van der Waals surface area contributed by atoms with Crippen LogP contribution in [0.1, 0.15) is 18.4 Å². The smallest absolute Gasteiger partial charge is 0.262 e. The van der Waals surface area contributed by atoms with E-state index in [0.29, 0.717) is 0 Å². The Balaban J connectivity index is 1.58. The molecule has 1 aliphatic heterocycles. The Bertz CT molecular complexity index is 776. The van der Waals surface area contributed by atoms with Crippen LogP contribution in [0.15, 0.2) is 36.4 Å². The first kappa shape index (κ1) is 17.5. The minimum atomic E-state index is -0.449. The molecule has 6 heteroatoms. The lowest BCUT2D eigenvalue weighted by Crippen LogP contribution is -2.21. The van der Waals surface area contributed by atoms with E-state index in [1.807, 2.05) is 19.1 Å². The van der Waals surface area contributed by atoms with Gasteiger partial charge in [0.15, 0.2) is 6.61 Å². The molecule has 1 fully saturated rings. The van der Waals surface area contributed by atoms with Crippen LogP contribution in [0, 0.1) is 12.7 Å². The minimum absolute atomic E-state index is 0.138. The first-order chi connectivity index (χ1) is 12.0. The molecule has 0 aliphatic carbocycles. The largest absolute Gasteiger partial charge is 0.482 e. The number of amides is 1. The van der Waals surface area contributed by atoms with Crippen molar-refractivity contribution in [2.75, 3.05) is 29.9 Å². The van der Waals surface area contributed by atoms with Gasteiger partial charge in [0, 0.05) is 24.5 Å². The van der Waals surface area contributed by atoms with Crippen molar-refractivity contribution in [2.24, 2.45) is 0 Å². The molecule has 2 aromatic carbocycles. The number of halogens is 2. The van der Waals surface area contributed by atoms with Gasteiger partial charge >= 0.3 is 0 Å². The zero-order valence-electron chi connectivity index (χ0n) is 14.0. The van der Waals surface area contributed by atoms with Crippen molar-refractivity contribution in [3.05, 3.63) is 52.8 Å². The van der Waals surface area contributed by atoms with E-state index in [9.17, 15) is 9.18 Å². The van der Waals surface area contributed by atoms with Crippen LogP contribution in [-0.2, 0) is 4.79 Å². The molecule has 3 rings (SSSR count). The van der Waals surface area contributed by atoms with Crippen LogP contribution in [0.5, 0.6) is 5.75 Å². The second-order valence-electron chi connectivity index (χ2n) is 6.10. The fourth-order valence-electron chi connectivity index (χ4n) is 2.88. The third-order valence-electron chi connectivity index (χ3n) is 4.21. The molecule has 4 nitrogen and oxygen atoms in total. The summed E-state index contributed by atoms with van der Waals surface area (Å²) < 4.78 is 18.4. The first-order valence-corrected chi connectivity index (χ1v) is 8.64. The van der Waals surface area contributed by atoms with E-state index in [1.54, 1.807) is 0 Å². The highest BCUT2D eigenvalue weighted by Gasteiger charge is 2.14. The minimum Gasteiger partial charge on any atom is -0.482 e. The van der Waals surface area contributed by atoms with E-state index < -0.39 is 5.82 Å². The maximum Gasteiger partial charge on any atom is 0.262 e. The number of ether oxygens (including phenoxy) is 1. The molecule has 0 bridgehead atoms. The van der Waals surface area contributed by atoms with Gasteiger partial charge in [-0.1, -0.05) is 11.6 Å². The van der Waals surface area contributed by atoms with E-state index in [4.69, 9.17) is 16.3 Å². The number of anilines is 2. The van der Waals surface area contributed by atoms with Crippen molar-refractivity contribution in [3.63, 3.8) is 0 Å². The molecule has 1 saturated heterocycles. The Hall–Kier alpha value is -2.27. The fraction of sp³-hybridized carbons (Fsp3) is 0.316. The van der Waals surface area contributed by atoms with Crippen LogP contribution < -0.4 is 15.0 Å². The average molecular weight is 363 g/mol. The Labute approximate surface area is 151 Å². The number of aryl methyl sites for hydroxylation is 1. The van der Waals surface area contributed by atoms with Crippen molar-refractivity contribution in [1.29, 1.82) is 0 Å². The Morgan fingerprint density at radius 2 is 2.00 bits per heavy atom. The van der Waals surface area contributed by atoms with Crippen molar-refractivity contribution in [1.82, 2.24) is 0 Å². The molecular weight excluding hydrogens is 343 g/mol. The SMILES string of the molecule is Cc1cc(N2CCCC2)ccc1NC(=O)COc1ccc(F)cc1Cl. The molecule has 1 N–H and O–H groups in total. The number of nitrogens with zero attached hydrogens (tertiary/aromatic N) is 1. The summed E-state index contributed by atoms with van der Waals surface area (Å²) >= 11 is 5.88. The lowest BCUT2D eigenvalue weighted by atomic mass is 10.1. The van der Waals surface area contributed by atoms with Gasteiger partial charge in [-0.15, -0.1) is 0 Å². The van der Waals surface area contributed by atoms with Gasteiger partial charge in [-0.25, -0.2) is 4.39 Å². The van der Waals surface area contributed by atoms with Crippen LogP contribution in [0.2, 0.25) is 5.02 Å². The number of hydrogen-bond acceptors (Lipinski definition) is 3. The lowest BCUT2D eigenvalue weighted by Gasteiger charge is -2.19. The van der Waals surface area contributed by atoms with Crippen molar-refractivity contribution < 1.29 is 13.9 Å². The van der Waals surface area contributed by atoms with E-state index in [1.165, 1.54) is 30.7 Å². The first-order valence-electron chi connectivity index (χ1n) is 8.26. The Morgan fingerprint density at radius 3 is 2.68 bits per heavy atom. The summed E-state index contributed by atoms with van der Waals surface area (Å²) in [7, 11) is 0. The topological polar surface area (TPSA) is 41.6 Å². The van der Waals surface area contributed by atoms with Gasteiger partial charge in [-0.2, -0.15) is 0 Å². The summed E-state index contributed by atoms with van der Waals surface area (Å²) in [5.41, 5.74) is 2.93. The number of rotatable bonds is 5. The molecule has 1 aliphatic rings.